The Kier molecular flexibility index (Phi) is 6.09. The van der Waals surface area contributed by atoms with Crippen molar-refractivity contribution in [2.24, 2.45) is 7.05 Å². The van der Waals surface area contributed by atoms with E-state index < -0.39 is 10.0 Å². The van der Waals surface area contributed by atoms with E-state index in [0.717, 1.165) is 4.68 Å². The Bertz CT molecular complexity index is 1380. The van der Waals surface area contributed by atoms with E-state index in [9.17, 15) is 18.0 Å². The van der Waals surface area contributed by atoms with Crippen molar-refractivity contribution >= 4 is 26.7 Å². The van der Waals surface area contributed by atoms with Crippen molar-refractivity contribution in [1.29, 1.82) is 0 Å². The van der Waals surface area contributed by atoms with Crippen LogP contribution >= 0.6 is 0 Å². The summed E-state index contributed by atoms with van der Waals surface area (Å²) in [4.78, 5) is 27.1. The van der Waals surface area contributed by atoms with Gasteiger partial charge in [0.05, 0.1) is 19.6 Å². The number of nitrogens with zero attached hydrogens (tertiary/aromatic N) is 4. The minimum atomic E-state index is -3.87. The third-order valence-corrected chi connectivity index (χ3v) is 7.59. The monoisotopic (exact) mass is 472 g/mol. The molecule has 1 aromatic heterocycles. The molecule has 33 heavy (non-hydrogen) atoms. The zero-order valence-corrected chi connectivity index (χ0v) is 19.3. The summed E-state index contributed by atoms with van der Waals surface area (Å²) in [6.45, 7) is 0.586. The molecule has 174 valence electrons. The Morgan fingerprint density at radius 3 is 2.27 bits per heavy atom. The van der Waals surface area contributed by atoms with E-state index in [1.54, 1.807) is 41.3 Å². The highest BCUT2D eigenvalue weighted by Crippen LogP contribution is 2.31. The fourth-order valence-electron chi connectivity index (χ4n) is 3.86. The molecule has 0 saturated carbocycles. The topological polar surface area (TPSA) is 111 Å². The number of benzene rings is 2. The van der Waals surface area contributed by atoms with Crippen LogP contribution in [0.2, 0.25) is 0 Å². The molecule has 10 nitrogen and oxygen atoms in total. The van der Waals surface area contributed by atoms with Gasteiger partial charge >= 0.3 is 0 Å². The zero-order valence-electron chi connectivity index (χ0n) is 18.5. The number of ether oxygens (including phenoxy) is 2. The van der Waals surface area contributed by atoms with Gasteiger partial charge in [-0.2, -0.15) is 9.40 Å². The van der Waals surface area contributed by atoms with Crippen molar-refractivity contribution < 1.29 is 22.7 Å². The van der Waals surface area contributed by atoms with Gasteiger partial charge in [0.1, 0.15) is 16.4 Å². The molecule has 0 N–H and O–H groups in total. The van der Waals surface area contributed by atoms with E-state index in [2.05, 4.69) is 5.10 Å². The van der Waals surface area contributed by atoms with E-state index in [4.69, 9.17) is 9.47 Å². The molecule has 2 aromatic carbocycles. The lowest BCUT2D eigenvalue weighted by atomic mass is 10.1. The molecule has 2 heterocycles. The summed E-state index contributed by atoms with van der Waals surface area (Å²) in [5, 5.41) is 5.06. The lowest BCUT2D eigenvalue weighted by molar-refractivity contribution is 0.0691. The van der Waals surface area contributed by atoms with Crippen molar-refractivity contribution in [2.45, 2.75) is 4.90 Å². The first-order chi connectivity index (χ1) is 15.8. The first-order valence-electron chi connectivity index (χ1n) is 10.3. The maximum Gasteiger partial charge on any atom is 0.275 e. The quantitative estimate of drug-likeness (QED) is 0.547. The number of fused-ring (bicyclic) bond motifs is 1. The van der Waals surface area contributed by atoms with E-state index in [0.29, 0.717) is 16.5 Å². The molecular weight excluding hydrogens is 448 g/mol. The van der Waals surface area contributed by atoms with Gasteiger partial charge < -0.3 is 14.4 Å². The van der Waals surface area contributed by atoms with Gasteiger partial charge in [-0.1, -0.05) is 18.2 Å². The molecule has 1 aliphatic heterocycles. The number of aromatic nitrogens is 2. The Labute approximate surface area is 191 Å². The summed E-state index contributed by atoms with van der Waals surface area (Å²) in [5.41, 5.74) is -0.122. The van der Waals surface area contributed by atoms with Gasteiger partial charge in [-0.25, -0.2) is 13.1 Å². The van der Waals surface area contributed by atoms with Crippen LogP contribution in [0.4, 0.5) is 0 Å². The number of amides is 1. The van der Waals surface area contributed by atoms with Crippen LogP contribution in [0.1, 0.15) is 10.5 Å². The van der Waals surface area contributed by atoms with E-state index >= 15 is 0 Å². The lowest BCUT2D eigenvalue weighted by Gasteiger charge is -2.34. The molecule has 0 atom stereocenters. The fraction of sp³-hybridized carbons (Fsp3) is 0.318. The molecule has 1 saturated heterocycles. The summed E-state index contributed by atoms with van der Waals surface area (Å²) in [7, 11) is 0.492. The number of rotatable bonds is 5. The Morgan fingerprint density at radius 1 is 0.970 bits per heavy atom. The normalized spacial score (nSPS) is 14.9. The molecule has 0 radical (unpaired) electrons. The Hall–Kier alpha value is -3.44. The molecule has 4 rings (SSSR count). The minimum Gasteiger partial charge on any atom is -0.497 e. The standard InChI is InChI=1S/C22H24N4O6S/c1-24-21(27)17-7-5-4-6-16(17)20(23-24)22(28)25-10-12-26(13-11-25)33(29,30)19-14-15(31-2)8-9-18(19)32-3/h4-9,14H,10-13H2,1-3H3. The summed E-state index contributed by atoms with van der Waals surface area (Å²) in [6.07, 6.45) is 0. The smallest absolute Gasteiger partial charge is 0.275 e. The molecule has 1 amide bonds. The predicted molar refractivity (Wildman–Crippen MR) is 121 cm³/mol. The highest BCUT2D eigenvalue weighted by molar-refractivity contribution is 7.89. The van der Waals surface area contributed by atoms with E-state index in [-0.39, 0.29) is 54.0 Å². The largest absolute Gasteiger partial charge is 0.497 e. The summed E-state index contributed by atoms with van der Waals surface area (Å²) < 4.78 is 39.4. The molecule has 1 aliphatic rings. The number of hydrogen-bond acceptors (Lipinski definition) is 7. The molecule has 11 heteroatoms. The fourth-order valence-corrected chi connectivity index (χ4v) is 5.46. The van der Waals surface area contributed by atoms with E-state index in [1.807, 2.05) is 0 Å². The van der Waals surface area contributed by atoms with Crippen molar-refractivity contribution in [3.63, 3.8) is 0 Å². The van der Waals surface area contributed by atoms with Gasteiger partial charge in [-0.05, 0) is 18.2 Å². The van der Waals surface area contributed by atoms with Crippen LogP contribution in [-0.4, -0.2) is 73.7 Å². The van der Waals surface area contributed by atoms with Gasteiger partial charge in [0.25, 0.3) is 11.5 Å². The van der Waals surface area contributed by atoms with Crippen LogP contribution in [0.3, 0.4) is 0 Å². The van der Waals surface area contributed by atoms with Crippen molar-refractivity contribution in [3.05, 3.63) is 58.5 Å². The molecule has 1 fully saturated rings. The predicted octanol–water partition coefficient (Wildman–Crippen LogP) is 1.10. The van der Waals surface area contributed by atoms with Gasteiger partial charge in [0.15, 0.2) is 5.69 Å². The summed E-state index contributed by atoms with van der Waals surface area (Å²) in [6, 6.07) is 11.4. The molecule has 0 bridgehead atoms. The van der Waals surface area contributed by atoms with Gasteiger partial charge in [0, 0.05) is 44.7 Å². The average Bonchev–Trinajstić information content (AvgIpc) is 2.85. The van der Waals surface area contributed by atoms with Crippen LogP contribution in [0, 0.1) is 0 Å². The number of carbonyl (C=O) groups excluding carboxylic acids is 1. The molecule has 3 aromatic rings. The summed E-state index contributed by atoms with van der Waals surface area (Å²) >= 11 is 0. The Balaban J connectivity index is 1.58. The zero-order chi connectivity index (χ0) is 23.8. The average molecular weight is 473 g/mol. The highest BCUT2D eigenvalue weighted by Gasteiger charge is 2.33. The van der Waals surface area contributed by atoms with Crippen LogP contribution in [0.25, 0.3) is 10.8 Å². The molecule has 0 unspecified atom stereocenters. The van der Waals surface area contributed by atoms with Gasteiger partial charge in [0.2, 0.25) is 10.0 Å². The first-order valence-corrected chi connectivity index (χ1v) is 11.7. The van der Waals surface area contributed by atoms with Gasteiger partial charge in [-0.3, -0.25) is 9.59 Å². The number of hydrogen-bond donors (Lipinski definition) is 0. The number of methoxy groups -OCH3 is 2. The first kappa shape index (κ1) is 22.7. The van der Waals surface area contributed by atoms with Crippen LogP contribution in [0.5, 0.6) is 11.5 Å². The second-order valence-corrected chi connectivity index (χ2v) is 9.44. The van der Waals surface area contributed by atoms with Crippen LogP contribution in [0.15, 0.2) is 52.2 Å². The minimum absolute atomic E-state index is 0.00912. The highest BCUT2D eigenvalue weighted by atomic mass is 32.2. The van der Waals surface area contributed by atoms with Crippen molar-refractivity contribution in [3.8, 4) is 11.5 Å². The second-order valence-electron chi connectivity index (χ2n) is 7.54. The molecule has 0 spiro atoms. The van der Waals surface area contributed by atoms with Crippen LogP contribution < -0.4 is 15.0 Å². The summed E-state index contributed by atoms with van der Waals surface area (Å²) in [5.74, 6) is 0.267. The maximum absolute atomic E-state index is 13.3. The Morgan fingerprint density at radius 2 is 1.64 bits per heavy atom. The third-order valence-electron chi connectivity index (χ3n) is 5.67. The number of sulfonamides is 1. The molecular formula is C22H24N4O6S. The van der Waals surface area contributed by atoms with E-state index in [1.165, 1.54) is 31.6 Å². The SMILES string of the molecule is COc1ccc(OC)c(S(=O)(=O)N2CCN(C(=O)c3nn(C)c(=O)c4ccccc34)CC2)c1. The number of carbonyl (C=O) groups is 1. The lowest BCUT2D eigenvalue weighted by Crippen LogP contribution is -2.50. The van der Waals surface area contributed by atoms with Gasteiger partial charge in [-0.15, -0.1) is 0 Å². The van der Waals surface area contributed by atoms with Crippen LogP contribution in [-0.2, 0) is 17.1 Å². The van der Waals surface area contributed by atoms with Crippen molar-refractivity contribution in [1.82, 2.24) is 19.0 Å². The maximum atomic E-state index is 13.3. The number of piperazine rings is 1. The molecule has 0 aliphatic carbocycles. The second kappa shape index (κ2) is 8.83. The number of aryl methyl sites for hydroxylation is 1. The van der Waals surface area contributed by atoms with Crippen molar-refractivity contribution in [2.75, 3.05) is 40.4 Å². The third kappa shape index (κ3) is 4.05.